The number of alkyl halides is 4. The molecule has 13 heteroatoms. The Kier molecular flexibility index (Phi) is 7.57. The number of nitrogens with one attached hydrogen (secondary N) is 2. The number of hydrogen-bond acceptors (Lipinski definition) is 7. The molecule has 1 aliphatic rings. The molecule has 9 nitrogen and oxygen atoms in total. The van der Waals surface area contributed by atoms with Gasteiger partial charge in [0.25, 0.3) is 5.91 Å². The summed E-state index contributed by atoms with van der Waals surface area (Å²) in [4.78, 5) is 18.6. The Morgan fingerprint density at radius 1 is 1.29 bits per heavy atom. The van der Waals surface area contributed by atoms with E-state index in [1.165, 1.54) is 31.1 Å². The molecule has 1 saturated heterocycles. The molecule has 1 aliphatic heterocycles. The summed E-state index contributed by atoms with van der Waals surface area (Å²) in [5, 5.41) is 28.7. The molecule has 0 aromatic carbocycles. The van der Waals surface area contributed by atoms with Crippen molar-refractivity contribution < 1.29 is 27.5 Å². The van der Waals surface area contributed by atoms with E-state index < -0.39 is 36.9 Å². The van der Waals surface area contributed by atoms with Gasteiger partial charge in [0, 0.05) is 25.3 Å². The Bertz CT molecular complexity index is 1360. The quantitative estimate of drug-likeness (QED) is 0.362. The van der Waals surface area contributed by atoms with Gasteiger partial charge < -0.3 is 15.7 Å². The van der Waals surface area contributed by atoms with E-state index in [1.807, 2.05) is 6.07 Å². The number of rotatable bonds is 9. The van der Waals surface area contributed by atoms with Gasteiger partial charge in [0.15, 0.2) is 0 Å². The van der Waals surface area contributed by atoms with Crippen molar-refractivity contribution in [1.29, 1.82) is 5.26 Å². The monoisotopic (exact) mass is 533 g/mol. The van der Waals surface area contributed by atoms with Crippen molar-refractivity contribution in [3.8, 4) is 17.5 Å². The van der Waals surface area contributed by atoms with Crippen LogP contribution in [-0.4, -0.2) is 80.7 Å². The summed E-state index contributed by atoms with van der Waals surface area (Å²) in [5.74, 6) is -0.656. The lowest BCUT2D eigenvalue weighted by atomic mass is 10.0. The van der Waals surface area contributed by atoms with Crippen LogP contribution in [0.1, 0.15) is 36.2 Å². The first-order chi connectivity index (χ1) is 17.9. The molecule has 0 spiro atoms. The van der Waals surface area contributed by atoms with E-state index >= 15 is 0 Å². The third-order valence-electron chi connectivity index (χ3n) is 6.43. The summed E-state index contributed by atoms with van der Waals surface area (Å²) in [5.41, 5.74) is 0.722. The van der Waals surface area contributed by atoms with Crippen LogP contribution >= 0.6 is 0 Å². The standard InChI is InChI=1S/C25H27F4N7O2/c1-24(2,38)22(26)13-33-23(37)18-12-32-20(21-4-3-16-7-15(9-30)10-34-36(16)21)8-19(18)31-11-17-5-6-35(17)14-25(27,28)29/h3-4,7-8,10,12,17,22,38H,5-6,11,13-14H2,1-2H3,(H,31,32)(H,33,37)/t17-,22-/m1/s1. The van der Waals surface area contributed by atoms with Crippen LogP contribution in [0.4, 0.5) is 23.2 Å². The minimum atomic E-state index is -4.31. The maximum atomic E-state index is 14.2. The molecule has 1 amide bonds. The third kappa shape index (κ3) is 6.20. The first-order valence-corrected chi connectivity index (χ1v) is 11.9. The molecular formula is C25H27F4N7O2. The highest BCUT2D eigenvalue weighted by Gasteiger charge is 2.38. The van der Waals surface area contributed by atoms with Crippen LogP contribution in [-0.2, 0) is 0 Å². The Labute approximate surface area is 216 Å². The van der Waals surface area contributed by atoms with Gasteiger partial charge in [-0.05, 0) is 44.5 Å². The maximum Gasteiger partial charge on any atom is 0.401 e. The van der Waals surface area contributed by atoms with Gasteiger partial charge in [-0.1, -0.05) is 0 Å². The Morgan fingerprint density at radius 3 is 2.68 bits per heavy atom. The molecule has 0 radical (unpaired) electrons. The minimum Gasteiger partial charge on any atom is -0.387 e. The molecule has 0 saturated carbocycles. The fourth-order valence-electron chi connectivity index (χ4n) is 4.10. The zero-order chi connectivity index (χ0) is 27.7. The Hall–Kier alpha value is -3.76. The van der Waals surface area contributed by atoms with E-state index in [4.69, 9.17) is 5.26 Å². The van der Waals surface area contributed by atoms with Gasteiger partial charge in [-0.15, -0.1) is 0 Å². The minimum absolute atomic E-state index is 0.0685. The third-order valence-corrected chi connectivity index (χ3v) is 6.43. The predicted molar refractivity (Wildman–Crippen MR) is 131 cm³/mol. The number of anilines is 1. The highest BCUT2D eigenvalue weighted by Crippen LogP contribution is 2.28. The van der Waals surface area contributed by atoms with Gasteiger partial charge in [0.05, 0.1) is 58.6 Å². The molecule has 4 rings (SSSR count). The highest BCUT2D eigenvalue weighted by atomic mass is 19.4. The summed E-state index contributed by atoms with van der Waals surface area (Å²) in [6.45, 7) is 1.58. The number of nitrogens with zero attached hydrogens (tertiary/aromatic N) is 5. The van der Waals surface area contributed by atoms with Crippen LogP contribution in [0, 0.1) is 11.3 Å². The van der Waals surface area contributed by atoms with Gasteiger partial charge in [0.1, 0.15) is 12.2 Å². The van der Waals surface area contributed by atoms with Crippen LogP contribution in [0.25, 0.3) is 16.9 Å². The van der Waals surface area contributed by atoms with Gasteiger partial charge in [0.2, 0.25) is 0 Å². The van der Waals surface area contributed by atoms with Crippen molar-refractivity contribution in [2.45, 2.75) is 44.3 Å². The van der Waals surface area contributed by atoms with E-state index in [2.05, 4.69) is 20.7 Å². The number of aliphatic hydroxyl groups is 1. The summed E-state index contributed by atoms with van der Waals surface area (Å²) >= 11 is 0. The normalized spacial score (nSPS) is 17.1. The number of amides is 1. The van der Waals surface area contributed by atoms with E-state index in [1.54, 1.807) is 28.8 Å². The van der Waals surface area contributed by atoms with Gasteiger partial charge in [-0.3, -0.25) is 14.7 Å². The van der Waals surface area contributed by atoms with E-state index in [9.17, 15) is 27.5 Å². The van der Waals surface area contributed by atoms with Crippen LogP contribution in [0.2, 0.25) is 0 Å². The number of fused-ring (bicyclic) bond motifs is 1. The fraction of sp³-hybridized carbons (Fsp3) is 0.440. The van der Waals surface area contributed by atoms with E-state index in [-0.39, 0.29) is 18.2 Å². The summed E-state index contributed by atoms with van der Waals surface area (Å²) in [6.07, 6.45) is -2.78. The van der Waals surface area contributed by atoms with Gasteiger partial charge >= 0.3 is 6.18 Å². The number of hydrogen-bond donors (Lipinski definition) is 3. The second kappa shape index (κ2) is 10.5. The van der Waals surface area contributed by atoms with E-state index in [0.717, 1.165) is 0 Å². The van der Waals surface area contributed by atoms with E-state index in [0.29, 0.717) is 41.1 Å². The average Bonchev–Trinajstić information content (AvgIpc) is 3.27. The number of nitriles is 1. The lowest BCUT2D eigenvalue weighted by Crippen LogP contribution is -2.54. The second-order valence-corrected chi connectivity index (χ2v) is 9.77. The maximum absolute atomic E-state index is 14.2. The summed E-state index contributed by atoms with van der Waals surface area (Å²) in [7, 11) is 0. The molecule has 38 heavy (non-hydrogen) atoms. The molecule has 3 aromatic heterocycles. The van der Waals surface area contributed by atoms with Crippen molar-refractivity contribution in [3.05, 3.63) is 47.8 Å². The number of aromatic nitrogens is 3. The topological polar surface area (TPSA) is 119 Å². The predicted octanol–water partition coefficient (Wildman–Crippen LogP) is 3.16. The van der Waals surface area contributed by atoms with Gasteiger partial charge in [-0.25, -0.2) is 8.91 Å². The van der Waals surface area contributed by atoms with Crippen LogP contribution in [0.5, 0.6) is 0 Å². The zero-order valence-corrected chi connectivity index (χ0v) is 20.8. The number of carbonyl (C=O) groups is 1. The number of halogens is 4. The summed E-state index contributed by atoms with van der Waals surface area (Å²) in [6, 6.07) is 8.36. The zero-order valence-electron chi connectivity index (χ0n) is 20.8. The molecule has 3 N–H and O–H groups in total. The van der Waals surface area contributed by atoms with Crippen LogP contribution in [0.3, 0.4) is 0 Å². The second-order valence-electron chi connectivity index (χ2n) is 9.77. The molecule has 0 aliphatic carbocycles. The molecule has 3 aromatic rings. The smallest absolute Gasteiger partial charge is 0.387 e. The summed E-state index contributed by atoms with van der Waals surface area (Å²) < 4.78 is 54.3. The van der Waals surface area contributed by atoms with Crippen molar-refractivity contribution in [1.82, 2.24) is 24.8 Å². The first kappa shape index (κ1) is 27.3. The molecule has 4 heterocycles. The molecule has 1 fully saturated rings. The first-order valence-electron chi connectivity index (χ1n) is 11.9. The lowest BCUT2D eigenvalue weighted by molar-refractivity contribution is -0.160. The van der Waals surface area contributed by atoms with Gasteiger partial charge in [-0.2, -0.15) is 23.5 Å². The SMILES string of the molecule is CC(C)(O)[C@H](F)CNC(=O)c1cnc(-c2ccc3cc(C#N)cnn23)cc1NC[C@H]1CCN1CC(F)(F)F. The van der Waals surface area contributed by atoms with Crippen molar-refractivity contribution in [2.75, 3.05) is 31.5 Å². The van der Waals surface area contributed by atoms with Crippen molar-refractivity contribution in [3.63, 3.8) is 0 Å². The van der Waals surface area contributed by atoms with Crippen LogP contribution < -0.4 is 10.6 Å². The highest BCUT2D eigenvalue weighted by molar-refractivity contribution is 6.00. The molecule has 2 atom stereocenters. The largest absolute Gasteiger partial charge is 0.401 e. The Morgan fingerprint density at radius 2 is 2.05 bits per heavy atom. The molecule has 0 unspecified atom stereocenters. The average molecular weight is 534 g/mol. The van der Waals surface area contributed by atoms with Crippen LogP contribution in [0.15, 0.2) is 36.7 Å². The molecular weight excluding hydrogens is 506 g/mol. The fourth-order valence-corrected chi connectivity index (χ4v) is 4.10. The van der Waals surface area contributed by atoms with Crippen molar-refractivity contribution >= 4 is 17.1 Å². The lowest BCUT2D eigenvalue weighted by Gasteiger charge is -2.41. The molecule has 0 bridgehead atoms. The molecule has 202 valence electrons. The number of likely N-dealkylation sites (tertiary alicyclic amines) is 1. The van der Waals surface area contributed by atoms with Crippen molar-refractivity contribution in [2.24, 2.45) is 0 Å². The number of carbonyl (C=O) groups excluding carboxylic acids is 1. The number of pyridine rings is 1. The Balaban J connectivity index is 1.60.